The summed E-state index contributed by atoms with van der Waals surface area (Å²) >= 11 is 0. The van der Waals surface area contributed by atoms with E-state index in [0.29, 0.717) is 0 Å². The molecule has 0 radical (unpaired) electrons. The predicted octanol–water partition coefficient (Wildman–Crippen LogP) is 16.5. The van der Waals surface area contributed by atoms with Crippen LogP contribution in [0.25, 0.3) is 111 Å². The Kier molecular flexibility index (Phi) is 17.5. The number of benzene rings is 8. The van der Waals surface area contributed by atoms with Crippen LogP contribution in [0.2, 0.25) is 0 Å². The van der Waals surface area contributed by atoms with Crippen LogP contribution >= 0.6 is 0 Å². The normalized spacial score (nSPS) is 10.4. The van der Waals surface area contributed by atoms with Crippen LogP contribution in [0.5, 0.6) is 0 Å². The predicted molar refractivity (Wildman–Crippen MR) is 304 cm³/mol. The van der Waals surface area contributed by atoms with Gasteiger partial charge in [-0.15, -0.1) is 70.8 Å². The van der Waals surface area contributed by atoms with Gasteiger partial charge in [0.15, 0.2) is 0 Å². The van der Waals surface area contributed by atoms with Gasteiger partial charge < -0.3 is 29.9 Å². The molecule has 0 N–H and O–H groups in total. The first-order chi connectivity index (χ1) is 36.7. The quantitative estimate of drug-likeness (QED) is 0.122. The average Bonchev–Trinajstić information content (AvgIpc) is 4.08. The van der Waals surface area contributed by atoms with E-state index in [-0.39, 0.29) is 40.8 Å². The minimum absolute atomic E-state index is 0. The fraction of sp³-hybridized carbons (Fsp3) is 0. The molecule has 14 aromatic rings. The van der Waals surface area contributed by atoms with Gasteiger partial charge in [-0.3, -0.25) is 0 Å². The molecule has 6 nitrogen and oxygen atoms in total. The van der Waals surface area contributed by atoms with Crippen molar-refractivity contribution in [2.75, 3.05) is 0 Å². The van der Waals surface area contributed by atoms with Crippen molar-refractivity contribution in [1.82, 2.24) is 29.9 Å². The molecule has 0 bridgehead atoms. The second kappa shape index (κ2) is 25.5. The summed E-state index contributed by atoms with van der Waals surface area (Å²) in [6, 6.07) is 93.0. The van der Waals surface area contributed by atoms with Crippen LogP contribution in [-0.4, -0.2) is 19.9 Å². The van der Waals surface area contributed by atoms with E-state index in [1.165, 1.54) is 55.3 Å². The monoisotopic (exact) mass is 1160 g/mol. The third-order valence-electron chi connectivity index (χ3n) is 12.5. The first-order valence-electron chi connectivity index (χ1n) is 24.4. The van der Waals surface area contributed by atoms with Gasteiger partial charge in [-0.25, -0.2) is 0 Å². The third kappa shape index (κ3) is 12.4. The Balaban J connectivity index is 0.000000127. The molecule has 0 fully saturated rings. The zero-order chi connectivity index (χ0) is 49.7. The van der Waals surface area contributed by atoms with E-state index in [1.807, 2.05) is 109 Å². The minimum Gasteiger partial charge on any atom is -0.442 e. The molecule has 76 heavy (non-hydrogen) atoms. The Labute approximate surface area is 470 Å². The van der Waals surface area contributed by atoms with Crippen LogP contribution in [0.4, 0.5) is 0 Å². The molecule has 0 saturated carbocycles. The van der Waals surface area contributed by atoms with E-state index < -0.39 is 0 Å². The molecule has 6 aromatic heterocycles. The van der Waals surface area contributed by atoms with Crippen LogP contribution in [0.15, 0.2) is 280 Å². The van der Waals surface area contributed by atoms with Crippen LogP contribution in [-0.2, 0) is 40.8 Å². The van der Waals surface area contributed by atoms with Crippen LogP contribution in [0.3, 0.4) is 0 Å². The summed E-state index contributed by atoms with van der Waals surface area (Å²) < 4.78 is 0. The molecule has 0 aliphatic rings. The van der Waals surface area contributed by atoms with E-state index in [2.05, 4.69) is 200 Å². The zero-order valence-electron chi connectivity index (χ0n) is 40.9. The molecule has 0 saturated heterocycles. The summed E-state index contributed by atoms with van der Waals surface area (Å²) in [5.41, 5.74) is 17.1. The van der Waals surface area contributed by atoms with Crippen molar-refractivity contribution in [3.05, 3.63) is 292 Å². The number of pyridine rings is 4. The molecule has 0 aliphatic carbocycles. The second-order valence-corrected chi connectivity index (χ2v) is 17.3. The Morgan fingerprint density at radius 2 is 0.592 bits per heavy atom. The number of fused-ring (bicyclic) bond motifs is 6. The topological polar surface area (TPSA) is 79.8 Å². The van der Waals surface area contributed by atoms with E-state index in [1.54, 1.807) is 12.4 Å². The Morgan fingerprint density at radius 3 is 0.974 bits per heavy atom. The van der Waals surface area contributed by atoms with Gasteiger partial charge in [-0.2, -0.15) is 0 Å². The van der Waals surface area contributed by atoms with E-state index in [4.69, 9.17) is 0 Å². The van der Waals surface area contributed by atoms with Gasteiger partial charge >= 0.3 is 40.8 Å². The maximum atomic E-state index is 4.54. The Morgan fingerprint density at radius 1 is 0.263 bits per heavy atom. The van der Waals surface area contributed by atoms with Crippen LogP contribution in [0.1, 0.15) is 0 Å². The number of para-hydroxylation sites is 2. The van der Waals surface area contributed by atoms with Gasteiger partial charge in [0, 0.05) is 12.4 Å². The largest absolute Gasteiger partial charge is 2.00 e. The smallest absolute Gasteiger partial charge is 0.442 e. The molecule has 8 aromatic carbocycles. The summed E-state index contributed by atoms with van der Waals surface area (Å²) in [5, 5.41) is 4.65. The summed E-state index contributed by atoms with van der Waals surface area (Å²) in [6.45, 7) is 0. The SMILES string of the molecule is [Pd+2].[Pd+2].[c-]1ccc(-c2ccccc2)cc1-c1cc(-c2ccccc2)ccn1.[c-]1ccc(-c2ccccc2)cc1-c1cc(-c2ccccc2)ccn1.c1ccc2c(c1)[n-]c1ncccc12.c1ccc2c(c1)[n-]c1ncccc12. The molecular formula is C68H46N6Pd2. The fourth-order valence-corrected chi connectivity index (χ4v) is 8.84. The summed E-state index contributed by atoms with van der Waals surface area (Å²) in [7, 11) is 0. The number of hydrogen-bond donors (Lipinski definition) is 0. The average molecular weight is 1160 g/mol. The summed E-state index contributed by atoms with van der Waals surface area (Å²) in [5.74, 6) is 0. The van der Waals surface area contributed by atoms with Crippen molar-refractivity contribution in [1.29, 1.82) is 0 Å². The summed E-state index contributed by atoms with van der Waals surface area (Å²) in [6.07, 6.45) is 7.27. The molecule has 0 atom stereocenters. The van der Waals surface area contributed by atoms with E-state index in [9.17, 15) is 0 Å². The molecule has 0 spiro atoms. The Bertz CT molecular complexity index is 3560. The Hall–Kier alpha value is -8.72. The zero-order valence-corrected chi connectivity index (χ0v) is 44.0. The van der Waals surface area contributed by atoms with Gasteiger partial charge in [-0.05, 0) is 89.5 Å². The number of nitrogens with zero attached hydrogens (tertiary/aromatic N) is 6. The molecule has 0 unspecified atom stereocenters. The van der Waals surface area contributed by atoms with Crippen molar-refractivity contribution in [2.24, 2.45) is 0 Å². The molecule has 6 heterocycles. The van der Waals surface area contributed by atoms with Crippen molar-refractivity contribution >= 4 is 43.9 Å². The third-order valence-corrected chi connectivity index (χ3v) is 12.5. The maximum absolute atomic E-state index is 4.54. The van der Waals surface area contributed by atoms with Gasteiger partial charge in [0.05, 0.1) is 0 Å². The first-order valence-corrected chi connectivity index (χ1v) is 24.4. The van der Waals surface area contributed by atoms with Gasteiger partial charge in [0.25, 0.3) is 0 Å². The minimum atomic E-state index is 0. The van der Waals surface area contributed by atoms with Gasteiger partial charge in [0.1, 0.15) is 0 Å². The molecule has 8 heteroatoms. The molecule has 0 amide bonds. The van der Waals surface area contributed by atoms with E-state index >= 15 is 0 Å². The summed E-state index contributed by atoms with van der Waals surface area (Å²) in [4.78, 5) is 26.3. The van der Waals surface area contributed by atoms with Crippen molar-refractivity contribution in [2.45, 2.75) is 0 Å². The van der Waals surface area contributed by atoms with Crippen molar-refractivity contribution in [3.63, 3.8) is 0 Å². The molecule has 14 rings (SSSR count). The van der Waals surface area contributed by atoms with Gasteiger partial charge in [0.2, 0.25) is 0 Å². The first kappa shape index (κ1) is 52.2. The number of hydrogen-bond acceptors (Lipinski definition) is 4. The number of aromatic nitrogens is 6. The van der Waals surface area contributed by atoms with Crippen molar-refractivity contribution < 1.29 is 40.8 Å². The van der Waals surface area contributed by atoms with E-state index in [0.717, 1.165) is 55.6 Å². The van der Waals surface area contributed by atoms with Crippen molar-refractivity contribution in [3.8, 4) is 67.0 Å². The van der Waals surface area contributed by atoms with Crippen LogP contribution in [0, 0.1) is 12.1 Å². The second-order valence-electron chi connectivity index (χ2n) is 17.3. The number of rotatable bonds is 6. The molecular weight excluding hydrogens is 1110 g/mol. The molecule has 368 valence electrons. The van der Waals surface area contributed by atoms with Crippen LogP contribution < -0.4 is 9.97 Å². The standard InChI is InChI=1S/2C23H16N.2C11H7N2.2Pd/c2*1-3-8-18(9-4-1)20-12-7-13-22(16-20)23-17-21(14-15-24-23)19-10-5-2-6-11-19;2*1-2-6-10-8(4-1)9-5-3-7-12-11(9)13-10;;/h2*1-12,14-17H;2*1-7H;;/q4*-1;2*+2. The molecule has 0 aliphatic heterocycles. The van der Waals surface area contributed by atoms with Gasteiger partial charge in [-0.1, -0.05) is 230 Å². The maximum Gasteiger partial charge on any atom is 2.00 e. The fourth-order valence-electron chi connectivity index (χ4n) is 8.84.